The summed E-state index contributed by atoms with van der Waals surface area (Å²) in [6.07, 6.45) is 0. The van der Waals surface area contributed by atoms with Crippen molar-refractivity contribution in [3.63, 3.8) is 0 Å². The lowest BCUT2D eigenvalue weighted by molar-refractivity contribution is 0.528. The van der Waals surface area contributed by atoms with Gasteiger partial charge in [0.1, 0.15) is 0 Å². The highest BCUT2D eigenvalue weighted by molar-refractivity contribution is 8.00. The normalized spacial score (nSPS) is 11.2. The van der Waals surface area contributed by atoms with E-state index in [-0.39, 0.29) is 0 Å². The van der Waals surface area contributed by atoms with Gasteiger partial charge in [0.2, 0.25) is 11.8 Å². The Morgan fingerprint density at radius 1 is 1.09 bits per heavy atom. The van der Waals surface area contributed by atoms with Gasteiger partial charge in [-0.1, -0.05) is 41.6 Å². The first kappa shape index (κ1) is 14.7. The molecule has 2 aromatic carbocycles. The molecule has 23 heavy (non-hydrogen) atoms. The third-order valence-corrected chi connectivity index (χ3v) is 5.54. The van der Waals surface area contributed by atoms with E-state index in [4.69, 9.17) is 16.0 Å². The van der Waals surface area contributed by atoms with E-state index in [1.165, 1.54) is 0 Å². The molecule has 0 N–H and O–H groups in total. The Labute approximate surface area is 145 Å². The number of thiazole rings is 1. The molecule has 0 saturated heterocycles. The number of nitrogens with zero attached hydrogens (tertiary/aromatic N) is 3. The Hall–Kier alpha value is -1.89. The molecule has 0 amide bonds. The smallest absolute Gasteiger partial charge is 0.247 e. The van der Waals surface area contributed by atoms with Crippen molar-refractivity contribution in [3.8, 4) is 11.5 Å². The van der Waals surface area contributed by atoms with Crippen LogP contribution in [0, 0.1) is 0 Å². The molecule has 0 saturated carbocycles. The number of benzene rings is 2. The first-order valence-electron chi connectivity index (χ1n) is 6.84. The van der Waals surface area contributed by atoms with Gasteiger partial charge in [0.25, 0.3) is 0 Å². The number of hydrogen-bond acceptors (Lipinski definition) is 6. The van der Waals surface area contributed by atoms with Gasteiger partial charge in [-0.3, -0.25) is 0 Å². The van der Waals surface area contributed by atoms with E-state index in [1.807, 2.05) is 48.5 Å². The SMILES string of the molecule is Clc1ccc2sc(SCc3nnc(-c4ccccc4)o3)nc2c1. The Morgan fingerprint density at radius 2 is 1.96 bits per heavy atom. The second kappa shape index (κ2) is 6.31. The molecule has 7 heteroatoms. The fraction of sp³-hybridized carbons (Fsp3) is 0.0625. The summed E-state index contributed by atoms with van der Waals surface area (Å²) in [5, 5.41) is 8.88. The highest BCUT2D eigenvalue weighted by Crippen LogP contribution is 2.32. The molecule has 4 nitrogen and oxygen atoms in total. The van der Waals surface area contributed by atoms with Crippen molar-refractivity contribution in [2.75, 3.05) is 0 Å². The van der Waals surface area contributed by atoms with Gasteiger partial charge >= 0.3 is 0 Å². The van der Waals surface area contributed by atoms with E-state index in [2.05, 4.69) is 15.2 Å². The topological polar surface area (TPSA) is 51.8 Å². The number of thioether (sulfide) groups is 1. The second-order valence-electron chi connectivity index (χ2n) is 4.75. The average molecular weight is 360 g/mol. The second-order valence-corrected chi connectivity index (χ2v) is 7.44. The lowest BCUT2D eigenvalue weighted by Gasteiger charge is -1.93. The number of fused-ring (bicyclic) bond motifs is 1. The quantitative estimate of drug-likeness (QED) is 0.463. The molecule has 0 aliphatic rings. The zero-order valence-corrected chi connectivity index (χ0v) is 14.2. The molecule has 0 aliphatic heterocycles. The van der Waals surface area contributed by atoms with E-state index >= 15 is 0 Å². The van der Waals surface area contributed by atoms with Gasteiger partial charge in [0, 0.05) is 10.6 Å². The summed E-state index contributed by atoms with van der Waals surface area (Å²) in [4.78, 5) is 4.56. The van der Waals surface area contributed by atoms with Crippen LogP contribution in [0.3, 0.4) is 0 Å². The van der Waals surface area contributed by atoms with Crippen LogP contribution in [0.4, 0.5) is 0 Å². The third-order valence-electron chi connectivity index (χ3n) is 3.14. The molecule has 2 aromatic heterocycles. The summed E-state index contributed by atoms with van der Waals surface area (Å²) < 4.78 is 7.78. The number of halogens is 1. The largest absolute Gasteiger partial charge is 0.420 e. The van der Waals surface area contributed by atoms with Gasteiger partial charge in [0.05, 0.1) is 16.0 Å². The number of rotatable bonds is 4. The minimum Gasteiger partial charge on any atom is -0.420 e. The molecule has 0 fully saturated rings. The van der Waals surface area contributed by atoms with Crippen molar-refractivity contribution >= 4 is 44.9 Å². The summed E-state index contributed by atoms with van der Waals surface area (Å²) in [5.41, 5.74) is 1.84. The molecular formula is C16H10ClN3OS2. The van der Waals surface area contributed by atoms with Gasteiger partial charge in [-0.25, -0.2) is 4.98 Å². The number of hydrogen-bond donors (Lipinski definition) is 0. The van der Waals surface area contributed by atoms with Crippen molar-refractivity contribution in [2.45, 2.75) is 10.1 Å². The minimum absolute atomic E-state index is 0.539. The van der Waals surface area contributed by atoms with E-state index in [1.54, 1.807) is 23.1 Å². The van der Waals surface area contributed by atoms with Gasteiger partial charge in [-0.15, -0.1) is 21.5 Å². The summed E-state index contributed by atoms with van der Waals surface area (Å²) in [6, 6.07) is 15.5. The average Bonchev–Trinajstić information content (AvgIpc) is 3.20. The Balaban J connectivity index is 1.49. The maximum absolute atomic E-state index is 5.99. The maximum atomic E-state index is 5.99. The van der Waals surface area contributed by atoms with E-state index in [9.17, 15) is 0 Å². The monoisotopic (exact) mass is 359 g/mol. The molecule has 4 rings (SSSR count). The fourth-order valence-corrected chi connectivity index (χ4v) is 4.13. The standard InChI is InChI=1S/C16H10ClN3OS2/c17-11-6-7-13-12(8-11)18-16(23-13)22-9-14-19-20-15(21-14)10-4-2-1-3-5-10/h1-8H,9H2. The van der Waals surface area contributed by atoms with Crippen LogP contribution in [-0.2, 0) is 5.75 Å². The summed E-state index contributed by atoms with van der Waals surface area (Å²) >= 11 is 9.20. The first-order valence-corrected chi connectivity index (χ1v) is 9.03. The van der Waals surface area contributed by atoms with Crippen LogP contribution in [0.2, 0.25) is 5.02 Å². The van der Waals surface area contributed by atoms with E-state index in [0.717, 1.165) is 20.1 Å². The summed E-state index contributed by atoms with van der Waals surface area (Å²) in [6.45, 7) is 0. The highest BCUT2D eigenvalue weighted by Gasteiger charge is 2.10. The molecule has 0 atom stereocenters. The molecule has 0 bridgehead atoms. The van der Waals surface area contributed by atoms with Gasteiger partial charge < -0.3 is 4.42 Å². The predicted octanol–water partition coefficient (Wildman–Crippen LogP) is 5.29. The van der Waals surface area contributed by atoms with Crippen molar-refractivity contribution in [2.24, 2.45) is 0 Å². The Bertz CT molecular complexity index is 952. The highest BCUT2D eigenvalue weighted by atomic mass is 35.5. The van der Waals surface area contributed by atoms with Gasteiger partial charge in [0.15, 0.2) is 4.34 Å². The maximum Gasteiger partial charge on any atom is 0.247 e. The van der Waals surface area contributed by atoms with Crippen molar-refractivity contribution in [1.82, 2.24) is 15.2 Å². The first-order chi connectivity index (χ1) is 11.3. The fourth-order valence-electron chi connectivity index (χ4n) is 2.07. The Morgan fingerprint density at radius 3 is 2.83 bits per heavy atom. The molecule has 0 radical (unpaired) electrons. The lowest BCUT2D eigenvalue weighted by atomic mass is 10.2. The Kier molecular flexibility index (Phi) is 4.03. The molecule has 2 heterocycles. The summed E-state index contributed by atoms with van der Waals surface area (Å²) in [7, 11) is 0. The van der Waals surface area contributed by atoms with Crippen LogP contribution >= 0.6 is 34.7 Å². The van der Waals surface area contributed by atoms with Crippen LogP contribution in [0.5, 0.6) is 0 Å². The zero-order chi connectivity index (χ0) is 15.6. The molecule has 114 valence electrons. The van der Waals surface area contributed by atoms with Crippen LogP contribution in [-0.4, -0.2) is 15.2 Å². The molecule has 0 unspecified atom stereocenters. The van der Waals surface area contributed by atoms with Gasteiger partial charge in [-0.2, -0.15) is 0 Å². The molecular weight excluding hydrogens is 350 g/mol. The van der Waals surface area contributed by atoms with Crippen LogP contribution in [0.25, 0.3) is 21.7 Å². The lowest BCUT2D eigenvalue weighted by Crippen LogP contribution is -1.79. The predicted molar refractivity (Wildman–Crippen MR) is 93.9 cm³/mol. The number of aromatic nitrogens is 3. The van der Waals surface area contributed by atoms with Crippen LogP contribution in [0.1, 0.15) is 5.89 Å². The minimum atomic E-state index is 0.539. The summed E-state index contributed by atoms with van der Waals surface area (Å²) in [5.74, 6) is 1.72. The van der Waals surface area contributed by atoms with Crippen molar-refractivity contribution in [3.05, 3.63) is 59.4 Å². The van der Waals surface area contributed by atoms with Crippen LogP contribution < -0.4 is 0 Å². The molecule has 4 aromatic rings. The zero-order valence-electron chi connectivity index (χ0n) is 11.8. The van der Waals surface area contributed by atoms with Crippen molar-refractivity contribution in [1.29, 1.82) is 0 Å². The molecule has 0 aliphatic carbocycles. The molecule has 0 spiro atoms. The van der Waals surface area contributed by atoms with Gasteiger partial charge in [-0.05, 0) is 30.3 Å². The van der Waals surface area contributed by atoms with Crippen molar-refractivity contribution < 1.29 is 4.42 Å². The van der Waals surface area contributed by atoms with E-state index in [0.29, 0.717) is 22.6 Å². The van der Waals surface area contributed by atoms with Crippen LogP contribution in [0.15, 0.2) is 57.3 Å². The van der Waals surface area contributed by atoms with E-state index < -0.39 is 0 Å². The third kappa shape index (κ3) is 3.24.